The Kier molecular flexibility index (Phi) is 4.59. The van der Waals surface area contributed by atoms with E-state index in [1.807, 2.05) is 43.9 Å². The fourth-order valence-electron chi connectivity index (χ4n) is 2.60. The van der Waals surface area contributed by atoms with Crippen LogP contribution in [0.25, 0.3) is 0 Å². The Morgan fingerprint density at radius 2 is 2.05 bits per heavy atom. The summed E-state index contributed by atoms with van der Waals surface area (Å²) >= 11 is 0. The predicted octanol–water partition coefficient (Wildman–Crippen LogP) is 1.65. The molecule has 2 rings (SSSR count). The van der Waals surface area contributed by atoms with Gasteiger partial charge in [0.25, 0.3) is 0 Å². The molecule has 4 N–H and O–H groups in total. The zero-order chi connectivity index (χ0) is 16.3. The average Bonchev–Trinajstić information content (AvgIpc) is 2.37. The molecule has 1 heterocycles. The number of urea groups is 1. The van der Waals surface area contributed by atoms with Gasteiger partial charge in [0.1, 0.15) is 0 Å². The van der Waals surface area contributed by atoms with E-state index in [0.717, 1.165) is 36.3 Å². The molecular formula is C16H24N4O2. The smallest absolute Gasteiger partial charge is 0.321 e. The minimum Gasteiger partial charge on any atom is -0.398 e. The van der Waals surface area contributed by atoms with Gasteiger partial charge < -0.3 is 16.0 Å². The molecule has 3 amide bonds. The number of fused-ring (bicyclic) bond motifs is 1. The highest BCUT2D eigenvalue weighted by Gasteiger charge is 2.22. The molecule has 0 bridgehead atoms. The van der Waals surface area contributed by atoms with Crippen LogP contribution in [0, 0.1) is 0 Å². The van der Waals surface area contributed by atoms with Gasteiger partial charge in [-0.3, -0.25) is 10.1 Å². The first-order valence-electron chi connectivity index (χ1n) is 7.50. The molecule has 0 spiro atoms. The van der Waals surface area contributed by atoms with E-state index in [-0.39, 0.29) is 18.0 Å². The van der Waals surface area contributed by atoms with Gasteiger partial charge in [-0.15, -0.1) is 0 Å². The Balaban J connectivity index is 1.99. The average molecular weight is 304 g/mol. The first-order valence-corrected chi connectivity index (χ1v) is 7.50. The highest BCUT2D eigenvalue weighted by Crippen LogP contribution is 2.30. The van der Waals surface area contributed by atoms with Gasteiger partial charge in [-0.2, -0.15) is 0 Å². The van der Waals surface area contributed by atoms with Gasteiger partial charge in [0, 0.05) is 23.5 Å². The third-order valence-electron chi connectivity index (χ3n) is 3.46. The van der Waals surface area contributed by atoms with Crippen LogP contribution in [-0.4, -0.2) is 30.6 Å². The van der Waals surface area contributed by atoms with Gasteiger partial charge in [-0.05, 0) is 51.3 Å². The van der Waals surface area contributed by atoms with Crippen LogP contribution in [0.4, 0.5) is 16.2 Å². The van der Waals surface area contributed by atoms with Crippen molar-refractivity contribution in [1.82, 2.24) is 10.6 Å². The number of benzene rings is 1. The summed E-state index contributed by atoms with van der Waals surface area (Å²) in [6.07, 6.45) is 1.87. The number of nitrogens with zero attached hydrogens (tertiary/aromatic N) is 1. The monoisotopic (exact) mass is 304 g/mol. The zero-order valence-corrected chi connectivity index (χ0v) is 13.4. The van der Waals surface area contributed by atoms with Crippen molar-refractivity contribution in [2.45, 2.75) is 39.2 Å². The van der Waals surface area contributed by atoms with Crippen molar-refractivity contribution >= 4 is 23.3 Å². The Bertz CT molecular complexity index is 578. The van der Waals surface area contributed by atoms with E-state index >= 15 is 0 Å². The van der Waals surface area contributed by atoms with Crippen LogP contribution in [0.5, 0.6) is 0 Å². The maximum atomic E-state index is 12.1. The summed E-state index contributed by atoms with van der Waals surface area (Å²) in [7, 11) is 0. The second kappa shape index (κ2) is 6.25. The molecule has 1 aliphatic rings. The lowest BCUT2D eigenvalue weighted by atomic mass is 10.00. The second-order valence-corrected chi connectivity index (χ2v) is 6.62. The Morgan fingerprint density at radius 3 is 2.73 bits per heavy atom. The molecule has 1 aromatic carbocycles. The van der Waals surface area contributed by atoms with Crippen LogP contribution >= 0.6 is 0 Å². The molecule has 1 aromatic rings. The lowest BCUT2D eigenvalue weighted by Gasteiger charge is -2.31. The van der Waals surface area contributed by atoms with Crippen LogP contribution < -0.4 is 21.3 Å². The third-order valence-corrected chi connectivity index (χ3v) is 3.46. The lowest BCUT2D eigenvalue weighted by molar-refractivity contribution is -0.118. The topological polar surface area (TPSA) is 87.5 Å². The minimum absolute atomic E-state index is 0.147. The maximum absolute atomic E-state index is 12.1. The summed E-state index contributed by atoms with van der Waals surface area (Å²) in [5.41, 5.74) is 8.44. The number of nitrogens with two attached hydrogens (primary N) is 1. The Morgan fingerprint density at radius 1 is 1.32 bits per heavy atom. The molecule has 0 radical (unpaired) electrons. The number of hydrogen-bond acceptors (Lipinski definition) is 4. The highest BCUT2D eigenvalue weighted by atomic mass is 16.2. The van der Waals surface area contributed by atoms with E-state index < -0.39 is 6.03 Å². The van der Waals surface area contributed by atoms with Crippen molar-refractivity contribution in [1.29, 1.82) is 0 Å². The standard InChI is InChI=1S/C16H24N4O2/c1-16(2,3)19-15(22)18-14(21)10-20-9-5-6-11-12(17)7-4-8-13(11)20/h4,7-8H,5-6,9-10,17H2,1-3H3,(H2,18,19,21,22). The minimum atomic E-state index is -0.470. The number of hydrogen-bond donors (Lipinski definition) is 3. The summed E-state index contributed by atoms with van der Waals surface area (Å²) < 4.78 is 0. The molecule has 120 valence electrons. The Labute approximate surface area is 131 Å². The SMILES string of the molecule is CC(C)(C)NC(=O)NC(=O)CN1CCCc2c(N)cccc21. The van der Waals surface area contributed by atoms with E-state index in [2.05, 4.69) is 10.6 Å². The van der Waals surface area contributed by atoms with Crippen molar-refractivity contribution in [3.05, 3.63) is 23.8 Å². The van der Waals surface area contributed by atoms with Gasteiger partial charge in [0.05, 0.1) is 6.54 Å². The van der Waals surface area contributed by atoms with Gasteiger partial charge in [0.2, 0.25) is 5.91 Å². The molecule has 22 heavy (non-hydrogen) atoms. The van der Waals surface area contributed by atoms with E-state index in [4.69, 9.17) is 5.73 Å². The van der Waals surface area contributed by atoms with E-state index in [1.54, 1.807) is 0 Å². The largest absolute Gasteiger partial charge is 0.398 e. The first-order chi connectivity index (χ1) is 10.3. The van der Waals surface area contributed by atoms with Crippen LogP contribution in [0.2, 0.25) is 0 Å². The molecule has 0 aliphatic carbocycles. The third kappa shape index (κ3) is 4.13. The zero-order valence-electron chi connectivity index (χ0n) is 13.4. The lowest BCUT2D eigenvalue weighted by Crippen LogP contribution is -2.50. The second-order valence-electron chi connectivity index (χ2n) is 6.62. The molecule has 0 fully saturated rings. The van der Waals surface area contributed by atoms with Gasteiger partial charge in [-0.25, -0.2) is 4.79 Å². The van der Waals surface area contributed by atoms with E-state index in [9.17, 15) is 9.59 Å². The Hall–Kier alpha value is -2.24. The fraction of sp³-hybridized carbons (Fsp3) is 0.500. The molecule has 6 heteroatoms. The summed E-state index contributed by atoms with van der Waals surface area (Å²) in [5, 5.41) is 5.07. The van der Waals surface area contributed by atoms with Crippen LogP contribution in [0.1, 0.15) is 32.8 Å². The van der Waals surface area contributed by atoms with Crippen LogP contribution in [0.15, 0.2) is 18.2 Å². The fourth-order valence-corrected chi connectivity index (χ4v) is 2.60. The van der Waals surface area contributed by atoms with Gasteiger partial charge in [0.15, 0.2) is 0 Å². The number of carbonyl (C=O) groups excluding carboxylic acids is 2. The number of anilines is 2. The van der Waals surface area contributed by atoms with E-state index in [0.29, 0.717) is 0 Å². The molecule has 1 aliphatic heterocycles. The van der Waals surface area contributed by atoms with Gasteiger partial charge >= 0.3 is 6.03 Å². The van der Waals surface area contributed by atoms with Crippen LogP contribution in [-0.2, 0) is 11.2 Å². The summed E-state index contributed by atoms with van der Waals surface area (Å²) in [5.74, 6) is -0.322. The number of carbonyl (C=O) groups is 2. The van der Waals surface area contributed by atoms with Crippen molar-refractivity contribution in [2.75, 3.05) is 23.7 Å². The maximum Gasteiger partial charge on any atom is 0.321 e. The molecule has 6 nitrogen and oxygen atoms in total. The normalized spacial score (nSPS) is 14.2. The molecule has 0 atom stereocenters. The molecule has 0 unspecified atom stereocenters. The number of imide groups is 1. The van der Waals surface area contributed by atoms with Crippen LogP contribution in [0.3, 0.4) is 0 Å². The van der Waals surface area contributed by atoms with Crippen molar-refractivity contribution in [3.8, 4) is 0 Å². The number of rotatable bonds is 2. The molecule has 0 saturated heterocycles. The van der Waals surface area contributed by atoms with E-state index in [1.165, 1.54) is 0 Å². The number of nitrogens with one attached hydrogen (secondary N) is 2. The summed E-state index contributed by atoms with van der Waals surface area (Å²) in [6.45, 7) is 6.51. The van der Waals surface area contributed by atoms with Crippen molar-refractivity contribution in [2.24, 2.45) is 0 Å². The first kappa shape index (κ1) is 16.1. The van der Waals surface area contributed by atoms with Gasteiger partial charge in [-0.1, -0.05) is 6.07 Å². The molecule has 0 aromatic heterocycles. The quantitative estimate of drug-likeness (QED) is 0.725. The highest BCUT2D eigenvalue weighted by molar-refractivity contribution is 5.96. The predicted molar refractivity (Wildman–Crippen MR) is 87.8 cm³/mol. The summed E-state index contributed by atoms with van der Waals surface area (Å²) in [6, 6.07) is 5.26. The molecular weight excluding hydrogens is 280 g/mol. The number of nitrogen functional groups attached to an aromatic ring is 1. The molecule has 0 saturated carbocycles. The summed E-state index contributed by atoms with van der Waals surface area (Å²) in [4.78, 5) is 25.8. The number of amides is 3. The van der Waals surface area contributed by atoms with Crippen molar-refractivity contribution < 1.29 is 9.59 Å². The van der Waals surface area contributed by atoms with Crippen molar-refractivity contribution in [3.63, 3.8) is 0 Å².